The summed E-state index contributed by atoms with van der Waals surface area (Å²) < 4.78 is 10.3. The second kappa shape index (κ2) is 7.47. The summed E-state index contributed by atoms with van der Waals surface area (Å²) in [6.07, 6.45) is 2.10. The molecule has 0 radical (unpaired) electrons. The third kappa shape index (κ3) is 5.34. The van der Waals surface area contributed by atoms with Gasteiger partial charge in [0.15, 0.2) is 0 Å². The average molecular weight is 244 g/mol. The lowest BCUT2D eigenvalue weighted by Crippen LogP contribution is -2.43. The molecule has 0 aromatic heterocycles. The molecule has 1 fully saturated rings. The van der Waals surface area contributed by atoms with Gasteiger partial charge in [0, 0.05) is 33.4 Å². The molecular formula is C11H24N4O2. The Labute approximate surface area is 103 Å². The Balaban J connectivity index is 2.36. The number of rotatable bonds is 5. The molecule has 0 amide bonds. The molecule has 0 bridgehead atoms. The van der Waals surface area contributed by atoms with Crippen LogP contribution in [-0.2, 0) is 9.47 Å². The van der Waals surface area contributed by atoms with E-state index in [4.69, 9.17) is 15.3 Å². The summed E-state index contributed by atoms with van der Waals surface area (Å²) in [4.78, 5) is 4.47. The summed E-state index contributed by atoms with van der Waals surface area (Å²) in [6, 6.07) is 0. The van der Waals surface area contributed by atoms with E-state index in [1.807, 2.05) is 0 Å². The van der Waals surface area contributed by atoms with E-state index in [1.54, 1.807) is 7.11 Å². The van der Waals surface area contributed by atoms with Crippen LogP contribution in [0.4, 0.5) is 0 Å². The fourth-order valence-corrected chi connectivity index (χ4v) is 1.72. The zero-order chi connectivity index (χ0) is 12.6. The fourth-order valence-electron chi connectivity index (χ4n) is 1.72. The Morgan fingerprint density at radius 3 is 2.76 bits per heavy atom. The van der Waals surface area contributed by atoms with Gasteiger partial charge in [0.25, 0.3) is 0 Å². The van der Waals surface area contributed by atoms with Gasteiger partial charge in [-0.2, -0.15) is 0 Å². The molecule has 6 heteroatoms. The van der Waals surface area contributed by atoms with E-state index >= 15 is 0 Å². The van der Waals surface area contributed by atoms with Crippen molar-refractivity contribution in [3.63, 3.8) is 0 Å². The third-order valence-electron chi connectivity index (χ3n) is 3.05. The minimum absolute atomic E-state index is 0.225. The van der Waals surface area contributed by atoms with Crippen LogP contribution >= 0.6 is 0 Å². The van der Waals surface area contributed by atoms with Crippen LogP contribution in [0.2, 0.25) is 0 Å². The summed E-state index contributed by atoms with van der Waals surface area (Å²) >= 11 is 0. The topological polar surface area (TPSA) is 80.9 Å². The maximum absolute atomic E-state index is 5.40. The highest BCUT2D eigenvalue weighted by molar-refractivity contribution is 5.79. The van der Waals surface area contributed by atoms with Crippen LogP contribution in [0.25, 0.3) is 0 Å². The molecule has 6 nitrogen and oxygen atoms in total. The highest BCUT2D eigenvalue weighted by atomic mass is 16.5. The maximum Gasteiger partial charge on any atom is 0.205 e. The van der Waals surface area contributed by atoms with Crippen LogP contribution in [0.5, 0.6) is 0 Å². The van der Waals surface area contributed by atoms with Gasteiger partial charge < -0.3 is 14.8 Å². The zero-order valence-corrected chi connectivity index (χ0v) is 10.8. The van der Waals surface area contributed by atoms with Crippen LogP contribution in [0.1, 0.15) is 19.8 Å². The number of methoxy groups -OCH3 is 1. The van der Waals surface area contributed by atoms with Crippen molar-refractivity contribution >= 4 is 5.96 Å². The number of ether oxygens (including phenoxy) is 2. The Kier molecular flexibility index (Phi) is 6.25. The molecule has 1 rings (SSSR count). The molecule has 1 aliphatic rings. The van der Waals surface area contributed by atoms with E-state index in [-0.39, 0.29) is 5.41 Å². The molecule has 0 aromatic carbocycles. The Hall–Kier alpha value is -0.850. The first-order valence-corrected chi connectivity index (χ1v) is 6.02. The van der Waals surface area contributed by atoms with Crippen molar-refractivity contribution in [1.29, 1.82) is 0 Å². The zero-order valence-electron chi connectivity index (χ0n) is 10.8. The van der Waals surface area contributed by atoms with Gasteiger partial charge in [0.1, 0.15) is 0 Å². The quantitative estimate of drug-likeness (QED) is 0.206. The molecule has 0 spiro atoms. The number of nitrogens with two attached hydrogens (primary N) is 1. The molecule has 0 aliphatic carbocycles. The van der Waals surface area contributed by atoms with E-state index in [2.05, 4.69) is 22.7 Å². The SMILES string of the molecule is COCCNC(=NCC1(C)CCOCC1)NN. The van der Waals surface area contributed by atoms with Gasteiger partial charge in [-0.05, 0) is 18.3 Å². The number of guanidine groups is 1. The smallest absolute Gasteiger partial charge is 0.205 e. The van der Waals surface area contributed by atoms with E-state index in [0.717, 1.165) is 32.6 Å². The number of hydrogen-bond acceptors (Lipinski definition) is 4. The van der Waals surface area contributed by atoms with Gasteiger partial charge in [-0.3, -0.25) is 10.4 Å². The van der Waals surface area contributed by atoms with Gasteiger partial charge in [0.2, 0.25) is 5.96 Å². The second-order valence-corrected chi connectivity index (χ2v) is 4.65. The maximum atomic E-state index is 5.40. The second-order valence-electron chi connectivity index (χ2n) is 4.65. The highest BCUT2D eigenvalue weighted by Crippen LogP contribution is 2.29. The molecule has 4 N–H and O–H groups in total. The summed E-state index contributed by atoms with van der Waals surface area (Å²) in [5, 5.41) is 3.08. The Morgan fingerprint density at radius 1 is 1.47 bits per heavy atom. The number of hydrazine groups is 1. The first kappa shape index (κ1) is 14.2. The molecule has 0 saturated carbocycles. The van der Waals surface area contributed by atoms with Crippen molar-refractivity contribution in [2.24, 2.45) is 16.3 Å². The largest absolute Gasteiger partial charge is 0.383 e. The van der Waals surface area contributed by atoms with Crippen molar-refractivity contribution in [2.75, 3.05) is 40.0 Å². The lowest BCUT2D eigenvalue weighted by Gasteiger charge is -2.32. The van der Waals surface area contributed by atoms with Crippen LogP contribution < -0.4 is 16.6 Å². The molecule has 1 heterocycles. The summed E-state index contributed by atoms with van der Waals surface area (Å²) in [6.45, 7) is 5.98. The predicted octanol–water partition coefficient (Wildman–Crippen LogP) is -0.142. The summed E-state index contributed by atoms with van der Waals surface area (Å²) in [5.41, 5.74) is 2.80. The van der Waals surface area contributed by atoms with Crippen molar-refractivity contribution in [3.05, 3.63) is 0 Å². The first-order valence-electron chi connectivity index (χ1n) is 6.02. The number of aliphatic imine (C=N–C) groups is 1. The standard InChI is InChI=1S/C11H24N4O2/c1-11(3-6-17-7-4-11)9-14-10(15-12)13-5-8-16-2/h3-9,12H2,1-2H3,(H2,13,14,15). The Bertz CT molecular complexity index is 240. The first-order chi connectivity index (χ1) is 8.20. The van der Waals surface area contributed by atoms with E-state index < -0.39 is 0 Å². The van der Waals surface area contributed by atoms with Crippen molar-refractivity contribution in [2.45, 2.75) is 19.8 Å². The molecule has 0 aromatic rings. The van der Waals surface area contributed by atoms with Crippen LogP contribution in [-0.4, -0.2) is 46.0 Å². The monoisotopic (exact) mass is 244 g/mol. The number of hydrogen-bond donors (Lipinski definition) is 3. The molecule has 0 atom stereocenters. The van der Waals surface area contributed by atoms with Gasteiger partial charge >= 0.3 is 0 Å². The van der Waals surface area contributed by atoms with Gasteiger partial charge in [-0.1, -0.05) is 6.92 Å². The van der Waals surface area contributed by atoms with E-state index in [0.29, 0.717) is 19.1 Å². The number of nitrogens with zero attached hydrogens (tertiary/aromatic N) is 1. The molecule has 1 saturated heterocycles. The lowest BCUT2D eigenvalue weighted by atomic mass is 9.83. The Morgan fingerprint density at radius 2 is 2.18 bits per heavy atom. The van der Waals surface area contributed by atoms with Gasteiger partial charge in [-0.25, -0.2) is 5.84 Å². The van der Waals surface area contributed by atoms with Crippen LogP contribution in [0.15, 0.2) is 4.99 Å². The molecule has 100 valence electrons. The van der Waals surface area contributed by atoms with Gasteiger partial charge in [-0.15, -0.1) is 0 Å². The van der Waals surface area contributed by atoms with Crippen molar-refractivity contribution in [1.82, 2.24) is 10.7 Å². The van der Waals surface area contributed by atoms with Gasteiger partial charge in [0.05, 0.1) is 6.61 Å². The predicted molar refractivity (Wildman–Crippen MR) is 67.7 cm³/mol. The third-order valence-corrected chi connectivity index (χ3v) is 3.05. The van der Waals surface area contributed by atoms with E-state index in [1.165, 1.54) is 0 Å². The normalized spacial score (nSPS) is 20.1. The van der Waals surface area contributed by atoms with Crippen LogP contribution in [0.3, 0.4) is 0 Å². The average Bonchev–Trinajstić information content (AvgIpc) is 2.34. The minimum atomic E-state index is 0.225. The van der Waals surface area contributed by atoms with Crippen LogP contribution in [0, 0.1) is 5.41 Å². The van der Waals surface area contributed by atoms with Crippen molar-refractivity contribution < 1.29 is 9.47 Å². The lowest BCUT2D eigenvalue weighted by molar-refractivity contribution is 0.0283. The summed E-state index contributed by atoms with van der Waals surface area (Å²) in [5.74, 6) is 6.03. The van der Waals surface area contributed by atoms with E-state index in [9.17, 15) is 0 Å². The minimum Gasteiger partial charge on any atom is -0.383 e. The molecular weight excluding hydrogens is 220 g/mol. The molecule has 0 unspecified atom stereocenters. The molecule has 17 heavy (non-hydrogen) atoms. The fraction of sp³-hybridized carbons (Fsp3) is 0.909. The number of nitrogens with one attached hydrogen (secondary N) is 2. The highest BCUT2D eigenvalue weighted by Gasteiger charge is 2.27. The summed E-state index contributed by atoms with van der Waals surface area (Å²) in [7, 11) is 1.66. The van der Waals surface area contributed by atoms with Crippen molar-refractivity contribution in [3.8, 4) is 0 Å². The molecule has 1 aliphatic heterocycles.